The molecule has 4 heterocycles. The fourth-order valence-corrected chi connectivity index (χ4v) is 3.37. The van der Waals surface area contributed by atoms with Crippen LogP contribution in [0.15, 0.2) is 30.7 Å². The molecule has 1 atom stereocenters. The van der Waals surface area contributed by atoms with Crippen molar-refractivity contribution < 1.29 is 0 Å². The molecule has 1 N–H and O–H groups in total. The maximum atomic E-state index is 4.73. The Balaban J connectivity index is 1.54. The van der Waals surface area contributed by atoms with Gasteiger partial charge in [-0.1, -0.05) is 0 Å². The van der Waals surface area contributed by atoms with Crippen LogP contribution in [0.5, 0.6) is 0 Å². The summed E-state index contributed by atoms with van der Waals surface area (Å²) in [6.45, 7) is 7.64. The maximum absolute atomic E-state index is 4.73. The summed E-state index contributed by atoms with van der Waals surface area (Å²) in [4.78, 5) is 29.0. The second kappa shape index (κ2) is 7.22. The van der Waals surface area contributed by atoms with Gasteiger partial charge in [0, 0.05) is 54.5 Å². The van der Waals surface area contributed by atoms with E-state index in [1.54, 1.807) is 18.6 Å². The van der Waals surface area contributed by atoms with Crippen molar-refractivity contribution in [2.24, 2.45) is 0 Å². The first-order valence-corrected chi connectivity index (χ1v) is 9.03. The minimum Gasteiger partial charge on any atom is -0.355 e. The average molecular weight is 362 g/mol. The third-order valence-corrected chi connectivity index (χ3v) is 4.52. The Bertz CT molecular complexity index is 923. The lowest BCUT2D eigenvalue weighted by Gasteiger charge is -2.16. The summed E-state index contributed by atoms with van der Waals surface area (Å²) < 4.78 is 0. The zero-order valence-corrected chi connectivity index (χ0v) is 15.7. The summed E-state index contributed by atoms with van der Waals surface area (Å²) in [7, 11) is 0. The van der Waals surface area contributed by atoms with Crippen LogP contribution in [0.4, 0.5) is 17.6 Å². The molecule has 0 saturated carbocycles. The number of hydrogen-bond donors (Lipinski definition) is 1. The number of nitrogens with one attached hydrogen (secondary N) is 1. The molecule has 0 aliphatic carbocycles. The van der Waals surface area contributed by atoms with Gasteiger partial charge in [-0.15, -0.1) is 0 Å². The van der Waals surface area contributed by atoms with Crippen LogP contribution in [-0.4, -0.2) is 43.0 Å². The molecule has 4 rings (SSSR count). The Labute approximate surface area is 158 Å². The highest BCUT2D eigenvalue weighted by Crippen LogP contribution is 2.28. The van der Waals surface area contributed by atoms with Gasteiger partial charge >= 0.3 is 0 Å². The first-order valence-electron chi connectivity index (χ1n) is 9.03. The summed E-state index contributed by atoms with van der Waals surface area (Å²) in [5.74, 6) is 3.28. The Kier molecular flexibility index (Phi) is 4.62. The molecule has 8 heteroatoms. The Morgan fingerprint density at radius 3 is 2.48 bits per heavy atom. The van der Waals surface area contributed by atoms with Crippen LogP contribution < -0.4 is 10.2 Å². The van der Waals surface area contributed by atoms with Gasteiger partial charge in [-0.05, 0) is 33.3 Å². The fourth-order valence-electron chi connectivity index (χ4n) is 3.37. The number of aryl methyl sites for hydroxylation is 3. The van der Waals surface area contributed by atoms with E-state index in [0.717, 1.165) is 54.1 Å². The lowest BCUT2D eigenvalue weighted by molar-refractivity contribution is 0.705. The molecule has 0 radical (unpaired) electrons. The summed E-state index contributed by atoms with van der Waals surface area (Å²) in [6.07, 6.45) is 6.19. The Morgan fingerprint density at radius 1 is 0.963 bits per heavy atom. The highest BCUT2D eigenvalue weighted by atomic mass is 15.2. The summed E-state index contributed by atoms with van der Waals surface area (Å²) in [5, 5.41) is 3.22. The first-order chi connectivity index (χ1) is 13.1. The highest BCUT2D eigenvalue weighted by Gasteiger charge is 2.27. The van der Waals surface area contributed by atoms with Crippen molar-refractivity contribution in [1.29, 1.82) is 0 Å². The van der Waals surface area contributed by atoms with Crippen LogP contribution in [0.25, 0.3) is 0 Å². The topological polar surface area (TPSA) is 92.6 Å². The van der Waals surface area contributed by atoms with E-state index in [1.165, 1.54) is 0 Å². The van der Waals surface area contributed by atoms with E-state index in [-0.39, 0.29) is 5.92 Å². The number of rotatable bonds is 4. The average Bonchev–Trinajstić information content (AvgIpc) is 3.11. The standard InChI is InChI=1S/C19H22N8/c1-12-8-13(2)24-19(23-12)26-16-9-14(3)22-18(25-16)15-4-7-27(11-15)17-10-20-5-6-21-17/h5-6,8-10,15H,4,7,11H2,1-3H3,(H,22,23,24,25,26). The van der Waals surface area contributed by atoms with Gasteiger partial charge in [-0.3, -0.25) is 4.98 Å². The molecule has 1 saturated heterocycles. The van der Waals surface area contributed by atoms with Crippen LogP contribution in [-0.2, 0) is 0 Å². The number of hydrogen-bond acceptors (Lipinski definition) is 8. The monoisotopic (exact) mass is 362 g/mol. The molecule has 138 valence electrons. The molecule has 1 aliphatic rings. The van der Waals surface area contributed by atoms with Crippen LogP contribution >= 0.6 is 0 Å². The van der Waals surface area contributed by atoms with E-state index in [9.17, 15) is 0 Å². The van der Waals surface area contributed by atoms with E-state index in [2.05, 4.69) is 35.1 Å². The van der Waals surface area contributed by atoms with Crippen molar-refractivity contribution in [2.45, 2.75) is 33.1 Å². The molecule has 0 aromatic carbocycles. The fraction of sp³-hybridized carbons (Fsp3) is 0.368. The predicted octanol–water partition coefficient (Wildman–Crippen LogP) is 2.72. The normalized spacial score (nSPS) is 16.6. The molecule has 3 aromatic heterocycles. The van der Waals surface area contributed by atoms with Crippen molar-refractivity contribution in [3.63, 3.8) is 0 Å². The van der Waals surface area contributed by atoms with Gasteiger partial charge in [0.15, 0.2) is 0 Å². The molecule has 0 spiro atoms. The molecular weight excluding hydrogens is 340 g/mol. The Hall–Kier alpha value is -3.16. The summed E-state index contributed by atoms with van der Waals surface area (Å²) in [6, 6.07) is 3.86. The molecule has 27 heavy (non-hydrogen) atoms. The lowest BCUT2D eigenvalue weighted by Crippen LogP contribution is -2.21. The number of anilines is 3. The van der Waals surface area contributed by atoms with E-state index in [1.807, 2.05) is 32.9 Å². The predicted molar refractivity (Wildman–Crippen MR) is 103 cm³/mol. The van der Waals surface area contributed by atoms with Crippen LogP contribution in [0, 0.1) is 20.8 Å². The minimum atomic E-state index is 0.257. The third-order valence-electron chi connectivity index (χ3n) is 4.52. The molecular formula is C19H22N8. The number of aromatic nitrogens is 6. The lowest BCUT2D eigenvalue weighted by atomic mass is 10.1. The molecule has 1 aliphatic heterocycles. The van der Waals surface area contributed by atoms with Crippen molar-refractivity contribution >= 4 is 17.6 Å². The smallest absolute Gasteiger partial charge is 0.228 e. The SMILES string of the molecule is Cc1cc(C)nc(Nc2cc(C)nc(C3CCN(c4cnccn4)C3)n2)n1. The molecule has 1 unspecified atom stereocenters. The minimum absolute atomic E-state index is 0.257. The van der Waals surface area contributed by atoms with Gasteiger partial charge in [-0.25, -0.2) is 24.9 Å². The number of nitrogens with zero attached hydrogens (tertiary/aromatic N) is 7. The van der Waals surface area contributed by atoms with Gasteiger partial charge < -0.3 is 10.2 Å². The van der Waals surface area contributed by atoms with Gasteiger partial charge in [0.05, 0.1) is 6.20 Å². The van der Waals surface area contributed by atoms with Crippen LogP contribution in [0.3, 0.4) is 0 Å². The molecule has 0 amide bonds. The zero-order chi connectivity index (χ0) is 18.8. The van der Waals surface area contributed by atoms with E-state index < -0.39 is 0 Å². The third kappa shape index (κ3) is 3.99. The quantitative estimate of drug-likeness (QED) is 0.757. The van der Waals surface area contributed by atoms with E-state index >= 15 is 0 Å². The second-order valence-corrected chi connectivity index (χ2v) is 6.85. The first kappa shape index (κ1) is 17.3. The van der Waals surface area contributed by atoms with Crippen molar-refractivity contribution in [3.8, 4) is 0 Å². The summed E-state index contributed by atoms with van der Waals surface area (Å²) in [5.41, 5.74) is 2.77. The van der Waals surface area contributed by atoms with E-state index in [4.69, 9.17) is 4.98 Å². The van der Waals surface area contributed by atoms with Gasteiger partial charge in [0.1, 0.15) is 17.5 Å². The van der Waals surface area contributed by atoms with Gasteiger partial charge in [0.2, 0.25) is 5.95 Å². The Morgan fingerprint density at radius 2 is 1.74 bits per heavy atom. The van der Waals surface area contributed by atoms with Gasteiger partial charge in [0.25, 0.3) is 0 Å². The molecule has 8 nitrogen and oxygen atoms in total. The van der Waals surface area contributed by atoms with Crippen molar-refractivity contribution in [3.05, 3.63) is 53.6 Å². The second-order valence-electron chi connectivity index (χ2n) is 6.85. The summed E-state index contributed by atoms with van der Waals surface area (Å²) >= 11 is 0. The molecule has 3 aromatic rings. The molecule has 1 fully saturated rings. The highest BCUT2D eigenvalue weighted by molar-refractivity contribution is 5.49. The van der Waals surface area contributed by atoms with Crippen LogP contribution in [0.2, 0.25) is 0 Å². The maximum Gasteiger partial charge on any atom is 0.228 e. The largest absolute Gasteiger partial charge is 0.355 e. The van der Waals surface area contributed by atoms with Gasteiger partial charge in [-0.2, -0.15) is 0 Å². The molecule has 0 bridgehead atoms. The van der Waals surface area contributed by atoms with Crippen LogP contribution in [0.1, 0.15) is 35.2 Å². The van der Waals surface area contributed by atoms with E-state index in [0.29, 0.717) is 5.95 Å². The zero-order valence-electron chi connectivity index (χ0n) is 15.7. The van der Waals surface area contributed by atoms with Crippen molar-refractivity contribution in [1.82, 2.24) is 29.9 Å². The van der Waals surface area contributed by atoms with Crippen molar-refractivity contribution in [2.75, 3.05) is 23.3 Å².